The van der Waals surface area contributed by atoms with E-state index in [0.717, 1.165) is 0 Å². The zero-order chi connectivity index (χ0) is 14.6. The number of hydrogen-bond donors (Lipinski definition) is 0. The Morgan fingerprint density at radius 1 is 1.15 bits per heavy atom. The molecule has 7 heteroatoms. The van der Waals surface area contributed by atoms with Crippen LogP contribution in [-0.4, -0.2) is 23.7 Å². The van der Waals surface area contributed by atoms with Crippen molar-refractivity contribution in [3.63, 3.8) is 0 Å². The van der Waals surface area contributed by atoms with Crippen LogP contribution in [0.1, 0.15) is 11.4 Å². The molecule has 0 radical (unpaired) electrons. The lowest BCUT2D eigenvalue weighted by atomic mass is 10.2. The summed E-state index contributed by atoms with van der Waals surface area (Å²) >= 11 is 0. The third-order valence-corrected chi connectivity index (χ3v) is 4.47. The average molecular weight is 286 g/mol. The number of benzene rings is 1. The first-order valence-corrected chi connectivity index (χ1v) is 7.36. The van der Waals surface area contributed by atoms with Crippen molar-refractivity contribution >= 4 is 9.84 Å². The number of sulfone groups is 1. The number of imidazole rings is 1. The van der Waals surface area contributed by atoms with E-state index >= 15 is 0 Å². The van der Waals surface area contributed by atoms with E-state index in [1.54, 1.807) is 6.20 Å². The Labute approximate surface area is 116 Å². The monoisotopic (exact) mass is 286 g/mol. The van der Waals surface area contributed by atoms with Crippen LogP contribution in [0.4, 0.5) is 0 Å². The number of rotatable bonds is 4. The SMILES string of the molecule is N#Cc1ccc(S(=O)(=O)CCn2ccnc2C#N)cc1. The van der Waals surface area contributed by atoms with Crippen molar-refractivity contribution in [2.75, 3.05) is 5.75 Å². The van der Waals surface area contributed by atoms with Gasteiger partial charge in [-0.3, -0.25) is 0 Å². The quantitative estimate of drug-likeness (QED) is 0.837. The van der Waals surface area contributed by atoms with Gasteiger partial charge in [-0.1, -0.05) is 0 Å². The maximum atomic E-state index is 12.1. The molecule has 6 nitrogen and oxygen atoms in total. The number of nitriles is 2. The van der Waals surface area contributed by atoms with E-state index in [1.807, 2.05) is 12.1 Å². The number of aromatic nitrogens is 2. The van der Waals surface area contributed by atoms with Crippen LogP contribution in [0.3, 0.4) is 0 Å². The Kier molecular flexibility index (Phi) is 3.83. The highest BCUT2D eigenvalue weighted by Crippen LogP contribution is 2.13. The van der Waals surface area contributed by atoms with E-state index in [9.17, 15) is 8.42 Å². The first kappa shape index (κ1) is 13.8. The molecule has 0 N–H and O–H groups in total. The minimum Gasteiger partial charge on any atom is -0.322 e. The van der Waals surface area contributed by atoms with Crippen LogP contribution in [-0.2, 0) is 16.4 Å². The molecule has 1 aromatic carbocycles. The van der Waals surface area contributed by atoms with Gasteiger partial charge in [-0.05, 0) is 24.3 Å². The van der Waals surface area contributed by atoms with Gasteiger partial charge in [-0.15, -0.1) is 0 Å². The third-order valence-electron chi connectivity index (χ3n) is 2.76. The summed E-state index contributed by atoms with van der Waals surface area (Å²) in [6, 6.07) is 9.57. The van der Waals surface area contributed by atoms with E-state index in [2.05, 4.69) is 4.98 Å². The Morgan fingerprint density at radius 3 is 2.45 bits per heavy atom. The first-order valence-electron chi connectivity index (χ1n) is 5.71. The Balaban J connectivity index is 2.15. The van der Waals surface area contributed by atoms with Crippen LogP contribution in [0, 0.1) is 22.7 Å². The van der Waals surface area contributed by atoms with E-state index in [-0.39, 0.29) is 23.0 Å². The van der Waals surface area contributed by atoms with Crippen molar-refractivity contribution in [3.05, 3.63) is 48.0 Å². The Morgan fingerprint density at radius 2 is 1.85 bits per heavy atom. The molecule has 0 atom stereocenters. The van der Waals surface area contributed by atoms with Gasteiger partial charge in [0.2, 0.25) is 5.82 Å². The lowest BCUT2D eigenvalue weighted by Gasteiger charge is -2.06. The molecule has 100 valence electrons. The fourth-order valence-electron chi connectivity index (χ4n) is 1.68. The van der Waals surface area contributed by atoms with Crippen molar-refractivity contribution in [3.8, 4) is 12.1 Å². The van der Waals surface area contributed by atoms with Gasteiger partial charge in [0, 0.05) is 18.9 Å². The second kappa shape index (κ2) is 5.55. The highest BCUT2D eigenvalue weighted by atomic mass is 32.2. The molecule has 0 spiro atoms. The number of aryl methyl sites for hydroxylation is 1. The predicted octanol–water partition coefficient (Wildman–Crippen LogP) is 1.10. The van der Waals surface area contributed by atoms with Crippen LogP contribution in [0.5, 0.6) is 0 Å². The highest BCUT2D eigenvalue weighted by Gasteiger charge is 2.15. The van der Waals surface area contributed by atoms with Gasteiger partial charge in [0.05, 0.1) is 22.3 Å². The minimum atomic E-state index is -3.45. The molecule has 2 aromatic rings. The molecule has 1 aromatic heterocycles. The van der Waals surface area contributed by atoms with Crippen LogP contribution in [0.2, 0.25) is 0 Å². The molecule has 1 heterocycles. The number of hydrogen-bond acceptors (Lipinski definition) is 5. The maximum Gasteiger partial charge on any atom is 0.212 e. The summed E-state index contributed by atoms with van der Waals surface area (Å²) in [4.78, 5) is 3.96. The fraction of sp³-hybridized carbons (Fsp3) is 0.154. The van der Waals surface area contributed by atoms with Crippen molar-refractivity contribution in [2.45, 2.75) is 11.4 Å². The van der Waals surface area contributed by atoms with E-state index in [1.165, 1.54) is 35.0 Å². The highest BCUT2D eigenvalue weighted by molar-refractivity contribution is 7.91. The average Bonchev–Trinajstić information content (AvgIpc) is 2.93. The second-order valence-corrected chi connectivity index (χ2v) is 6.12. The van der Waals surface area contributed by atoms with Crippen molar-refractivity contribution < 1.29 is 8.42 Å². The Bertz CT molecular complexity index is 792. The van der Waals surface area contributed by atoms with Gasteiger partial charge >= 0.3 is 0 Å². The van der Waals surface area contributed by atoms with Gasteiger partial charge in [-0.25, -0.2) is 13.4 Å². The van der Waals surface area contributed by atoms with Crippen molar-refractivity contribution in [2.24, 2.45) is 0 Å². The topological polar surface area (TPSA) is 99.5 Å². The maximum absolute atomic E-state index is 12.1. The van der Waals surface area contributed by atoms with Crippen LogP contribution < -0.4 is 0 Å². The zero-order valence-electron chi connectivity index (χ0n) is 10.4. The molecule has 0 fully saturated rings. The molecule has 0 unspecified atom stereocenters. The van der Waals surface area contributed by atoms with Gasteiger partial charge in [0.15, 0.2) is 9.84 Å². The molecule has 0 amide bonds. The minimum absolute atomic E-state index is 0.135. The smallest absolute Gasteiger partial charge is 0.212 e. The summed E-state index contributed by atoms with van der Waals surface area (Å²) in [5.41, 5.74) is 0.408. The summed E-state index contributed by atoms with van der Waals surface area (Å²) in [6.07, 6.45) is 3.01. The molecule has 0 aliphatic heterocycles. The summed E-state index contributed by atoms with van der Waals surface area (Å²) in [5, 5.41) is 17.5. The first-order chi connectivity index (χ1) is 9.56. The van der Waals surface area contributed by atoms with Gasteiger partial charge < -0.3 is 4.57 Å². The summed E-state index contributed by atoms with van der Waals surface area (Å²) in [5.74, 6) is 0.0456. The normalized spacial score (nSPS) is 10.7. The summed E-state index contributed by atoms with van der Waals surface area (Å²) in [6.45, 7) is 0.158. The van der Waals surface area contributed by atoms with Crippen LogP contribution >= 0.6 is 0 Å². The van der Waals surface area contributed by atoms with E-state index in [0.29, 0.717) is 5.56 Å². The third kappa shape index (κ3) is 2.85. The second-order valence-electron chi connectivity index (χ2n) is 4.01. The largest absolute Gasteiger partial charge is 0.322 e. The molecule has 2 rings (SSSR count). The number of nitrogens with zero attached hydrogens (tertiary/aromatic N) is 4. The standard InChI is InChI=1S/C13H10N4O2S/c14-9-11-1-3-12(4-2-11)20(18,19)8-7-17-6-5-16-13(17)10-15/h1-6H,7-8H2. The lowest BCUT2D eigenvalue weighted by molar-refractivity contribution is 0.588. The molecule has 0 aliphatic rings. The van der Waals surface area contributed by atoms with Crippen LogP contribution in [0.25, 0.3) is 0 Å². The Hall–Kier alpha value is -2.64. The zero-order valence-corrected chi connectivity index (χ0v) is 11.2. The molecule has 0 aliphatic carbocycles. The van der Waals surface area contributed by atoms with Gasteiger partial charge in [0.1, 0.15) is 6.07 Å². The summed E-state index contributed by atoms with van der Waals surface area (Å²) < 4.78 is 25.7. The molecule has 0 bridgehead atoms. The molecular weight excluding hydrogens is 276 g/mol. The van der Waals surface area contributed by atoms with Crippen molar-refractivity contribution in [1.82, 2.24) is 9.55 Å². The lowest BCUT2D eigenvalue weighted by Crippen LogP contribution is -2.14. The predicted molar refractivity (Wildman–Crippen MR) is 70.2 cm³/mol. The molecule has 0 saturated heterocycles. The summed E-state index contributed by atoms with van der Waals surface area (Å²) in [7, 11) is -3.45. The van der Waals surface area contributed by atoms with Crippen LogP contribution in [0.15, 0.2) is 41.6 Å². The molecule has 20 heavy (non-hydrogen) atoms. The van der Waals surface area contributed by atoms with E-state index in [4.69, 9.17) is 10.5 Å². The van der Waals surface area contributed by atoms with Gasteiger partial charge in [0.25, 0.3) is 0 Å². The van der Waals surface area contributed by atoms with Gasteiger partial charge in [-0.2, -0.15) is 10.5 Å². The van der Waals surface area contributed by atoms with Crippen molar-refractivity contribution in [1.29, 1.82) is 10.5 Å². The fourth-order valence-corrected chi connectivity index (χ4v) is 2.90. The molecular formula is C13H10N4O2S. The molecule has 0 saturated carbocycles. The van der Waals surface area contributed by atoms with E-state index < -0.39 is 9.84 Å².